The van der Waals surface area contributed by atoms with E-state index in [0.717, 1.165) is 13.0 Å². The molecule has 4 atom stereocenters. The number of methoxy groups -OCH3 is 1. The summed E-state index contributed by atoms with van der Waals surface area (Å²) in [7, 11) is 1.45. The fourth-order valence-electron chi connectivity index (χ4n) is 3.25. The van der Waals surface area contributed by atoms with Crippen molar-refractivity contribution in [3.8, 4) is 0 Å². The number of fused-ring (bicyclic) bond motifs is 1. The molecule has 0 aromatic heterocycles. The second-order valence-electron chi connectivity index (χ2n) is 5.60. The van der Waals surface area contributed by atoms with Crippen LogP contribution in [0.25, 0.3) is 0 Å². The van der Waals surface area contributed by atoms with E-state index in [2.05, 4.69) is 36.1 Å². The number of epoxide rings is 1. The molecule has 0 radical (unpaired) electrons. The van der Waals surface area contributed by atoms with Gasteiger partial charge in [-0.3, -0.25) is 9.69 Å². The largest absolute Gasteiger partial charge is 0.469 e. The van der Waals surface area contributed by atoms with Crippen molar-refractivity contribution < 1.29 is 14.3 Å². The van der Waals surface area contributed by atoms with E-state index < -0.39 is 0 Å². The van der Waals surface area contributed by atoms with E-state index in [1.165, 1.54) is 12.7 Å². The second kappa shape index (κ2) is 5.54. The molecular weight excluding hydrogens is 254 g/mol. The van der Waals surface area contributed by atoms with Crippen LogP contribution in [0.3, 0.4) is 0 Å². The Labute approximate surface area is 119 Å². The molecule has 20 heavy (non-hydrogen) atoms. The number of nitrogens with zero attached hydrogens (tertiary/aromatic N) is 1. The highest BCUT2D eigenvalue weighted by molar-refractivity contribution is 5.70. The first-order valence-electron chi connectivity index (χ1n) is 7.23. The lowest BCUT2D eigenvalue weighted by Gasteiger charge is -2.37. The van der Waals surface area contributed by atoms with E-state index in [-0.39, 0.29) is 24.2 Å². The molecule has 0 amide bonds. The van der Waals surface area contributed by atoms with E-state index in [1.807, 2.05) is 6.07 Å². The minimum Gasteiger partial charge on any atom is -0.469 e. The number of esters is 1. The lowest BCUT2D eigenvalue weighted by Crippen LogP contribution is -2.46. The number of hydrogen-bond donors (Lipinski definition) is 0. The van der Waals surface area contributed by atoms with Crippen LogP contribution in [0.2, 0.25) is 0 Å². The van der Waals surface area contributed by atoms with Crippen LogP contribution in [-0.2, 0) is 14.3 Å². The average molecular weight is 275 g/mol. The minimum absolute atomic E-state index is 0.136. The monoisotopic (exact) mass is 275 g/mol. The zero-order valence-corrected chi connectivity index (χ0v) is 12.0. The van der Waals surface area contributed by atoms with Gasteiger partial charge in [0.1, 0.15) is 6.10 Å². The molecule has 0 bridgehead atoms. The molecule has 0 aliphatic carbocycles. The van der Waals surface area contributed by atoms with Gasteiger partial charge in [-0.2, -0.15) is 0 Å². The van der Waals surface area contributed by atoms with Crippen molar-refractivity contribution in [3.05, 3.63) is 35.9 Å². The van der Waals surface area contributed by atoms with Crippen LogP contribution in [0.4, 0.5) is 0 Å². The molecule has 2 heterocycles. The van der Waals surface area contributed by atoms with Gasteiger partial charge in [0.05, 0.1) is 19.6 Å². The number of carbonyl (C=O) groups is 1. The summed E-state index contributed by atoms with van der Waals surface area (Å²) in [5.74, 6) is -0.156. The van der Waals surface area contributed by atoms with Gasteiger partial charge in [0.25, 0.3) is 0 Å². The van der Waals surface area contributed by atoms with Crippen molar-refractivity contribution in [2.24, 2.45) is 0 Å². The van der Waals surface area contributed by atoms with Gasteiger partial charge in [-0.05, 0) is 18.9 Å². The molecule has 108 valence electrons. The second-order valence-corrected chi connectivity index (χ2v) is 5.60. The van der Waals surface area contributed by atoms with Crippen LogP contribution < -0.4 is 0 Å². The van der Waals surface area contributed by atoms with Crippen molar-refractivity contribution in [3.63, 3.8) is 0 Å². The molecule has 2 aliphatic heterocycles. The predicted molar refractivity (Wildman–Crippen MR) is 75.3 cm³/mol. The van der Waals surface area contributed by atoms with Gasteiger partial charge < -0.3 is 9.47 Å². The summed E-state index contributed by atoms with van der Waals surface area (Å²) in [6.07, 6.45) is 2.02. The van der Waals surface area contributed by atoms with E-state index >= 15 is 0 Å². The Morgan fingerprint density at radius 2 is 2.20 bits per heavy atom. The highest BCUT2D eigenvalue weighted by Crippen LogP contribution is 2.40. The first kappa shape index (κ1) is 13.6. The maximum absolute atomic E-state index is 11.6. The average Bonchev–Trinajstić information content (AvgIpc) is 3.27. The standard InChI is InChI=1S/C16H21NO3/c1-11(12-6-4-3-5-7-12)17-9-8-14-16(20-14)13(17)10-15(18)19-2/h3-7,11,13-14,16H,8-10H2,1-2H3/t11-,13?,14?,16?/m1/s1. The molecule has 0 saturated carbocycles. The Kier molecular flexibility index (Phi) is 3.76. The summed E-state index contributed by atoms with van der Waals surface area (Å²) in [6, 6.07) is 10.8. The molecule has 0 spiro atoms. The summed E-state index contributed by atoms with van der Waals surface area (Å²) in [5, 5.41) is 0. The third-order valence-corrected chi connectivity index (χ3v) is 4.48. The molecule has 0 N–H and O–H groups in total. The summed E-state index contributed by atoms with van der Waals surface area (Å²) < 4.78 is 10.5. The number of likely N-dealkylation sites (tertiary alicyclic amines) is 1. The summed E-state index contributed by atoms with van der Waals surface area (Å²) in [5.41, 5.74) is 1.28. The Hall–Kier alpha value is -1.39. The number of carbonyl (C=O) groups excluding carboxylic acids is 1. The third-order valence-electron chi connectivity index (χ3n) is 4.48. The topological polar surface area (TPSA) is 42.1 Å². The van der Waals surface area contributed by atoms with Crippen LogP contribution in [-0.4, -0.2) is 42.8 Å². The molecule has 2 saturated heterocycles. The van der Waals surface area contributed by atoms with Gasteiger partial charge in [-0.1, -0.05) is 30.3 Å². The molecular formula is C16H21NO3. The zero-order valence-electron chi connectivity index (χ0n) is 12.0. The first-order chi connectivity index (χ1) is 9.70. The number of hydrogen-bond acceptors (Lipinski definition) is 4. The van der Waals surface area contributed by atoms with Crippen molar-refractivity contribution in [1.82, 2.24) is 4.90 Å². The Bertz CT molecular complexity index is 476. The molecule has 3 rings (SSSR count). The van der Waals surface area contributed by atoms with E-state index in [4.69, 9.17) is 9.47 Å². The lowest BCUT2D eigenvalue weighted by molar-refractivity contribution is -0.142. The van der Waals surface area contributed by atoms with Crippen LogP contribution in [0.1, 0.15) is 31.4 Å². The molecule has 2 aliphatic rings. The maximum Gasteiger partial charge on any atom is 0.307 e. The predicted octanol–water partition coefficient (Wildman–Crippen LogP) is 2.15. The van der Waals surface area contributed by atoms with Crippen molar-refractivity contribution >= 4 is 5.97 Å². The number of benzene rings is 1. The smallest absolute Gasteiger partial charge is 0.307 e. The maximum atomic E-state index is 11.6. The van der Waals surface area contributed by atoms with Crippen molar-refractivity contribution in [2.75, 3.05) is 13.7 Å². The van der Waals surface area contributed by atoms with Gasteiger partial charge in [0.2, 0.25) is 0 Å². The fourth-order valence-corrected chi connectivity index (χ4v) is 3.25. The summed E-state index contributed by atoms with van der Waals surface area (Å²) in [4.78, 5) is 14.0. The first-order valence-corrected chi connectivity index (χ1v) is 7.23. The van der Waals surface area contributed by atoms with Crippen LogP contribution in [0, 0.1) is 0 Å². The number of piperidine rings is 1. The van der Waals surface area contributed by atoms with E-state index in [0.29, 0.717) is 12.5 Å². The Balaban J connectivity index is 1.77. The Morgan fingerprint density at radius 1 is 1.45 bits per heavy atom. The summed E-state index contributed by atoms with van der Waals surface area (Å²) >= 11 is 0. The molecule has 1 aromatic rings. The van der Waals surface area contributed by atoms with Gasteiger partial charge in [0, 0.05) is 18.6 Å². The van der Waals surface area contributed by atoms with Gasteiger partial charge >= 0.3 is 5.97 Å². The van der Waals surface area contributed by atoms with Crippen LogP contribution >= 0.6 is 0 Å². The SMILES string of the molecule is COC(=O)CC1C2OC2CCN1[C@H](C)c1ccccc1. The zero-order chi connectivity index (χ0) is 14.1. The summed E-state index contributed by atoms with van der Waals surface area (Å²) in [6.45, 7) is 3.17. The quantitative estimate of drug-likeness (QED) is 0.624. The Morgan fingerprint density at radius 3 is 2.90 bits per heavy atom. The minimum atomic E-state index is -0.156. The van der Waals surface area contributed by atoms with Crippen molar-refractivity contribution in [2.45, 2.75) is 44.1 Å². The highest BCUT2D eigenvalue weighted by Gasteiger charge is 2.52. The van der Waals surface area contributed by atoms with Crippen LogP contribution in [0.5, 0.6) is 0 Å². The molecule has 1 aromatic carbocycles. The van der Waals surface area contributed by atoms with E-state index in [1.54, 1.807) is 0 Å². The van der Waals surface area contributed by atoms with Gasteiger partial charge in [0.15, 0.2) is 0 Å². The molecule has 2 fully saturated rings. The van der Waals surface area contributed by atoms with Crippen LogP contribution in [0.15, 0.2) is 30.3 Å². The third kappa shape index (κ3) is 2.58. The molecule has 4 heteroatoms. The van der Waals surface area contributed by atoms with Gasteiger partial charge in [-0.25, -0.2) is 0 Å². The lowest BCUT2D eigenvalue weighted by atomic mass is 9.95. The fraction of sp³-hybridized carbons (Fsp3) is 0.562. The van der Waals surface area contributed by atoms with Crippen molar-refractivity contribution in [1.29, 1.82) is 0 Å². The normalized spacial score (nSPS) is 30.4. The molecule has 3 unspecified atom stereocenters. The number of ether oxygens (including phenoxy) is 2. The highest BCUT2D eigenvalue weighted by atomic mass is 16.6. The van der Waals surface area contributed by atoms with E-state index in [9.17, 15) is 4.79 Å². The van der Waals surface area contributed by atoms with Gasteiger partial charge in [-0.15, -0.1) is 0 Å². The number of rotatable bonds is 4. The molecule has 4 nitrogen and oxygen atoms in total.